The highest BCUT2D eigenvalue weighted by atomic mass is 19.4. The van der Waals surface area contributed by atoms with Crippen molar-refractivity contribution in [2.24, 2.45) is 0 Å². The molecular weight excluding hydrogens is 380 g/mol. The third-order valence-corrected chi connectivity index (χ3v) is 3.66. The van der Waals surface area contributed by atoms with Gasteiger partial charge < -0.3 is 10.1 Å². The maximum absolute atomic E-state index is 13.0. The summed E-state index contributed by atoms with van der Waals surface area (Å²) in [6.07, 6.45) is 0.402. The van der Waals surface area contributed by atoms with Crippen LogP contribution in [-0.4, -0.2) is 37.0 Å². The molecule has 4 rings (SSSR count). The van der Waals surface area contributed by atoms with Crippen molar-refractivity contribution in [3.8, 4) is 16.9 Å². The number of carboxylic acid groups (broad SMARTS) is 1. The van der Waals surface area contributed by atoms with E-state index in [1.165, 1.54) is 12.1 Å². The van der Waals surface area contributed by atoms with Crippen LogP contribution in [0.4, 0.5) is 17.6 Å². The molecule has 3 heterocycles. The van der Waals surface area contributed by atoms with Gasteiger partial charge in [0.2, 0.25) is 0 Å². The van der Waals surface area contributed by atoms with Gasteiger partial charge in [-0.1, -0.05) is 0 Å². The number of aromatic nitrogens is 4. The van der Waals surface area contributed by atoms with E-state index in [4.69, 9.17) is 9.90 Å². The lowest BCUT2D eigenvalue weighted by atomic mass is 10.1. The number of rotatable bonds is 2. The molecule has 0 unspecified atom stereocenters. The van der Waals surface area contributed by atoms with Crippen LogP contribution in [0.15, 0.2) is 61.1 Å². The Hall–Kier alpha value is -3.69. The van der Waals surface area contributed by atoms with Gasteiger partial charge in [-0.3, -0.25) is 0 Å². The van der Waals surface area contributed by atoms with E-state index >= 15 is 0 Å². The number of benzene rings is 1. The molecule has 0 spiro atoms. The summed E-state index contributed by atoms with van der Waals surface area (Å²) in [6.45, 7) is 0. The summed E-state index contributed by atoms with van der Waals surface area (Å²) in [7, 11) is 0. The molecule has 10 heteroatoms. The van der Waals surface area contributed by atoms with Crippen molar-refractivity contribution in [2.45, 2.75) is 6.18 Å². The third-order valence-electron chi connectivity index (χ3n) is 3.66. The van der Waals surface area contributed by atoms with Gasteiger partial charge in [-0.25, -0.2) is 18.9 Å². The smallest absolute Gasteiger partial charge is 0.475 e. The fourth-order valence-electron chi connectivity index (χ4n) is 2.38. The van der Waals surface area contributed by atoms with E-state index in [-0.39, 0.29) is 5.82 Å². The molecule has 4 aromatic rings. The van der Waals surface area contributed by atoms with Gasteiger partial charge in [0.05, 0.1) is 11.4 Å². The molecule has 0 saturated heterocycles. The number of nitrogens with zero attached hydrogens (tertiary/aromatic N) is 3. The normalized spacial score (nSPS) is 11.1. The predicted octanol–water partition coefficient (Wildman–Crippen LogP) is 4.19. The summed E-state index contributed by atoms with van der Waals surface area (Å²) < 4.78 is 46.5. The van der Waals surface area contributed by atoms with Crippen LogP contribution in [0.1, 0.15) is 0 Å². The third kappa shape index (κ3) is 4.17. The molecule has 0 aliphatic rings. The molecule has 6 nitrogen and oxygen atoms in total. The molecule has 0 bridgehead atoms. The Morgan fingerprint density at radius 2 is 1.75 bits per heavy atom. The first-order chi connectivity index (χ1) is 13.3. The lowest BCUT2D eigenvalue weighted by Crippen LogP contribution is -2.21. The molecule has 0 saturated carbocycles. The zero-order valence-electron chi connectivity index (χ0n) is 14.0. The Balaban J connectivity index is 0.000000279. The Labute approximate surface area is 155 Å². The average Bonchev–Trinajstić information content (AvgIpc) is 3.31. The van der Waals surface area contributed by atoms with Crippen LogP contribution in [0, 0.1) is 5.82 Å². The summed E-state index contributed by atoms with van der Waals surface area (Å²) in [5, 5.41) is 12.7. The van der Waals surface area contributed by atoms with Crippen molar-refractivity contribution in [3.63, 3.8) is 0 Å². The van der Waals surface area contributed by atoms with Crippen molar-refractivity contribution in [1.82, 2.24) is 19.7 Å². The number of aromatic amines is 1. The zero-order chi connectivity index (χ0) is 20.3. The number of halogens is 4. The van der Waals surface area contributed by atoms with E-state index in [2.05, 4.69) is 15.1 Å². The zero-order valence-corrected chi connectivity index (χ0v) is 14.0. The van der Waals surface area contributed by atoms with Crippen molar-refractivity contribution >= 4 is 17.0 Å². The van der Waals surface area contributed by atoms with Gasteiger partial charge in [0, 0.05) is 29.5 Å². The summed E-state index contributed by atoms with van der Waals surface area (Å²) >= 11 is 0. The molecule has 0 aliphatic carbocycles. The second-order valence-electron chi connectivity index (χ2n) is 5.53. The number of fused-ring (bicyclic) bond motifs is 1. The lowest BCUT2D eigenvalue weighted by Gasteiger charge is -2.02. The van der Waals surface area contributed by atoms with Crippen molar-refractivity contribution in [3.05, 3.63) is 66.9 Å². The summed E-state index contributed by atoms with van der Waals surface area (Å²) in [4.78, 5) is 16.2. The topological polar surface area (TPSA) is 83.8 Å². The first kappa shape index (κ1) is 19.1. The van der Waals surface area contributed by atoms with E-state index in [9.17, 15) is 17.6 Å². The number of hydrogen-bond donors (Lipinski definition) is 2. The summed E-state index contributed by atoms with van der Waals surface area (Å²) in [5.74, 6) is -3.01. The minimum absolute atomic E-state index is 0.249. The Morgan fingerprint density at radius 3 is 2.39 bits per heavy atom. The molecule has 3 aromatic heterocycles. The standard InChI is InChI=1S/C16H11FN4.C2HF3O2/c17-12-3-1-11(2-4-12)14-7-10-21(20-14)15-6-9-19-16-13(15)5-8-18-16;3-2(4,5)1(6)7/h1-10H,(H,18,19);(H,6,7). The van der Waals surface area contributed by atoms with E-state index in [0.29, 0.717) is 0 Å². The van der Waals surface area contributed by atoms with Crippen molar-refractivity contribution < 1.29 is 27.5 Å². The molecule has 28 heavy (non-hydrogen) atoms. The van der Waals surface area contributed by atoms with Gasteiger partial charge in [0.15, 0.2) is 0 Å². The lowest BCUT2D eigenvalue weighted by molar-refractivity contribution is -0.192. The molecule has 0 fully saturated rings. The maximum Gasteiger partial charge on any atom is 0.490 e. The van der Waals surface area contributed by atoms with Crippen LogP contribution < -0.4 is 0 Å². The second kappa shape index (κ2) is 7.51. The van der Waals surface area contributed by atoms with Crippen LogP contribution in [0.25, 0.3) is 28.0 Å². The van der Waals surface area contributed by atoms with Crippen molar-refractivity contribution in [1.29, 1.82) is 0 Å². The summed E-state index contributed by atoms with van der Waals surface area (Å²) in [5.41, 5.74) is 3.46. The number of hydrogen-bond acceptors (Lipinski definition) is 3. The fourth-order valence-corrected chi connectivity index (χ4v) is 2.38. The monoisotopic (exact) mass is 392 g/mol. The highest BCUT2D eigenvalue weighted by Crippen LogP contribution is 2.22. The quantitative estimate of drug-likeness (QED) is 0.501. The maximum atomic E-state index is 13.0. The number of alkyl halides is 3. The Kier molecular flexibility index (Phi) is 5.12. The van der Waals surface area contributed by atoms with Gasteiger partial charge in [0.25, 0.3) is 0 Å². The van der Waals surface area contributed by atoms with Gasteiger partial charge in [-0.15, -0.1) is 0 Å². The largest absolute Gasteiger partial charge is 0.490 e. The van der Waals surface area contributed by atoms with E-state index in [1.54, 1.807) is 23.0 Å². The summed E-state index contributed by atoms with van der Waals surface area (Å²) in [6, 6.07) is 12.1. The van der Waals surface area contributed by atoms with Gasteiger partial charge >= 0.3 is 12.1 Å². The minimum Gasteiger partial charge on any atom is -0.475 e. The highest BCUT2D eigenvalue weighted by molar-refractivity contribution is 5.84. The number of H-pyrrole nitrogens is 1. The van der Waals surface area contributed by atoms with Crippen LogP contribution in [0.3, 0.4) is 0 Å². The van der Waals surface area contributed by atoms with Crippen LogP contribution in [0.2, 0.25) is 0 Å². The number of nitrogens with one attached hydrogen (secondary N) is 1. The average molecular weight is 392 g/mol. The van der Waals surface area contributed by atoms with Crippen LogP contribution in [-0.2, 0) is 4.79 Å². The number of pyridine rings is 1. The number of carbonyl (C=O) groups is 1. The fraction of sp³-hybridized carbons (Fsp3) is 0.0556. The minimum atomic E-state index is -5.08. The van der Waals surface area contributed by atoms with Gasteiger partial charge in [0.1, 0.15) is 11.5 Å². The molecule has 144 valence electrons. The molecule has 1 aromatic carbocycles. The van der Waals surface area contributed by atoms with Crippen LogP contribution >= 0.6 is 0 Å². The van der Waals surface area contributed by atoms with E-state index < -0.39 is 12.1 Å². The number of carboxylic acids is 1. The van der Waals surface area contributed by atoms with Crippen LogP contribution in [0.5, 0.6) is 0 Å². The number of aliphatic carboxylic acids is 1. The SMILES string of the molecule is Fc1ccc(-c2ccn(-c3ccnc4[nH]ccc34)n2)cc1.O=C(O)C(F)(F)F. The van der Waals surface area contributed by atoms with Gasteiger partial charge in [-0.05, 0) is 42.5 Å². The Morgan fingerprint density at radius 1 is 1.07 bits per heavy atom. The molecule has 2 N–H and O–H groups in total. The van der Waals surface area contributed by atoms with Crippen molar-refractivity contribution in [2.75, 3.05) is 0 Å². The Bertz CT molecular complexity index is 1100. The highest BCUT2D eigenvalue weighted by Gasteiger charge is 2.38. The predicted molar refractivity (Wildman–Crippen MR) is 92.3 cm³/mol. The molecular formula is C18H12F4N4O2. The molecule has 0 aliphatic heterocycles. The molecule has 0 amide bonds. The van der Waals surface area contributed by atoms with E-state index in [1.807, 2.05) is 30.6 Å². The molecule has 0 atom stereocenters. The first-order valence-electron chi connectivity index (χ1n) is 7.80. The van der Waals surface area contributed by atoms with Gasteiger partial charge in [-0.2, -0.15) is 18.3 Å². The molecule has 0 radical (unpaired) electrons. The first-order valence-corrected chi connectivity index (χ1v) is 7.80. The second-order valence-corrected chi connectivity index (χ2v) is 5.53. The van der Waals surface area contributed by atoms with E-state index in [0.717, 1.165) is 28.0 Å².